The minimum atomic E-state index is -3.71. The number of carbonyl (C=O) groups is 1. The number of halogens is 2. The van der Waals surface area contributed by atoms with Gasteiger partial charge in [-0.25, -0.2) is 17.2 Å². The lowest BCUT2D eigenvalue weighted by molar-refractivity contribution is -0.126. The Kier molecular flexibility index (Phi) is 7.17. The summed E-state index contributed by atoms with van der Waals surface area (Å²) < 4.78 is 53.1. The summed E-state index contributed by atoms with van der Waals surface area (Å²) in [6.45, 7) is 3.65. The molecule has 2 aromatic carbocycles. The molecule has 1 atom stereocenters. The summed E-state index contributed by atoms with van der Waals surface area (Å²) in [7, 11) is -3.71. The molecule has 1 aliphatic rings. The maximum absolute atomic E-state index is 13.1. The molecule has 2 aromatic rings. The van der Waals surface area contributed by atoms with Crippen LogP contribution in [0.4, 0.5) is 8.78 Å². The van der Waals surface area contributed by atoms with Crippen LogP contribution in [0.5, 0.6) is 0 Å². The van der Waals surface area contributed by atoms with E-state index in [0.717, 1.165) is 17.7 Å². The lowest BCUT2D eigenvalue weighted by Gasteiger charge is -2.27. The van der Waals surface area contributed by atoms with E-state index in [4.69, 9.17) is 0 Å². The highest BCUT2D eigenvalue weighted by atomic mass is 32.2. The molecule has 1 fully saturated rings. The van der Waals surface area contributed by atoms with E-state index in [-0.39, 0.29) is 23.2 Å². The first-order chi connectivity index (χ1) is 14.3. The van der Waals surface area contributed by atoms with Gasteiger partial charge in [-0.1, -0.05) is 12.1 Å². The molecule has 1 saturated heterocycles. The van der Waals surface area contributed by atoms with E-state index >= 15 is 0 Å². The summed E-state index contributed by atoms with van der Waals surface area (Å²) in [6.07, 6.45) is 0.579. The van der Waals surface area contributed by atoms with Gasteiger partial charge in [-0.05, 0) is 55.3 Å². The third-order valence-electron chi connectivity index (χ3n) is 5.25. The average molecular weight is 438 g/mol. The van der Waals surface area contributed by atoms with Crippen LogP contribution in [0.1, 0.15) is 18.9 Å². The molecule has 30 heavy (non-hydrogen) atoms. The van der Waals surface area contributed by atoms with E-state index in [1.165, 1.54) is 28.6 Å². The van der Waals surface area contributed by atoms with Gasteiger partial charge in [0.1, 0.15) is 11.6 Å². The van der Waals surface area contributed by atoms with Gasteiger partial charge < -0.3 is 5.32 Å². The van der Waals surface area contributed by atoms with E-state index in [2.05, 4.69) is 5.32 Å². The zero-order valence-electron chi connectivity index (χ0n) is 16.7. The Morgan fingerprint density at radius 2 is 1.57 bits per heavy atom. The third-order valence-corrected chi connectivity index (χ3v) is 7.16. The fourth-order valence-corrected chi connectivity index (χ4v) is 4.87. The van der Waals surface area contributed by atoms with E-state index in [9.17, 15) is 22.0 Å². The SMILES string of the molecule is C[C@@H](C(=O)NCc1ccc(F)cc1)N1CCCN(S(=O)(=O)c2ccc(F)cc2)CC1. The molecular weight excluding hydrogens is 412 g/mol. The van der Waals surface area contributed by atoms with Gasteiger partial charge in [0.2, 0.25) is 15.9 Å². The molecule has 0 unspecified atom stereocenters. The van der Waals surface area contributed by atoms with Crippen molar-refractivity contribution in [2.45, 2.75) is 30.8 Å². The molecule has 0 saturated carbocycles. The first-order valence-electron chi connectivity index (χ1n) is 9.79. The maximum Gasteiger partial charge on any atom is 0.243 e. The van der Waals surface area contributed by atoms with Crippen LogP contribution < -0.4 is 5.32 Å². The van der Waals surface area contributed by atoms with Crippen molar-refractivity contribution in [1.82, 2.24) is 14.5 Å². The van der Waals surface area contributed by atoms with Crippen molar-refractivity contribution in [3.05, 3.63) is 65.7 Å². The number of benzene rings is 2. The second-order valence-electron chi connectivity index (χ2n) is 7.27. The Hall–Kier alpha value is -2.36. The van der Waals surface area contributed by atoms with Crippen LogP contribution in [0.2, 0.25) is 0 Å². The standard InChI is InChI=1S/C21H25F2N3O3S/c1-16(21(27)24-15-17-3-5-18(22)6-4-17)25-11-2-12-26(14-13-25)30(28,29)20-9-7-19(23)8-10-20/h3-10,16H,2,11-15H2,1H3,(H,24,27)/t16-/m0/s1. The number of nitrogens with zero attached hydrogens (tertiary/aromatic N) is 2. The highest BCUT2D eigenvalue weighted by Gasteiger charge is 2.29. The van der Waals surface area contributed by atoms with Gasteiger partial charge in [0.15, 0.2) is 0 Å². The first-order valence-corrected chi connectivity index (χ1v) is 11.2. The number of sulfonamides is 1. The first kappa shape index (κ1) is 22.3. The molecule has 1 heterocycles. The predicted octanol–water partition coefficient (Wildman–Crippen LogP) is 2.37. The fourth-order valence-electron chi connectivity index (χ4n) is 3.40. The van der Waals surface area contributed by atoms with Crippen LogP contribution in [0.25, 0.3) is 0 Å². The summed E-state index contributed by atoms with van der Waals surface area (Å²) in [5.74, 6) is -0.992. The number of hydrogen-bond acceptors (Lipinski definition) is 4. The average Bonchev–Trinajstić information content (AvgIpc) is 3.00. The van der Waals surface area contributed by atoms with Gasteiger partial charge in [-0.3, -0.25) is 9.69 Å². The van der Waals surface area contributed by atoms with Crippen LogP contribution >= 0.6 is 0 Å². The number of hydrogen-bond donors (Lipinski definition) is 1. The minimum Gasteiger partial charge on any atom is -0.351 e. The van der Waals surface area contributed by atoms with Crippen molar-refractivity contribution in [2.75, 3.05) is 26.2 Å². The van der Waals surface area contributed by atoms with E-state index in [0.29, 0.717) is 32.6 Å². The molecule has 0 aliphatic carbocycles. The number of amides is 1. The third kappa shape index (κ3) is 5.41. The largest absolute Gasteiger partial charge is 0.351 e. The Balaban J connectivity index is 1.57. The van der Waals surface area contributed by atoms with Crippen molar-refractivity contribution < 1.29 is 22.0 Å². The normalized spacial score (nSPS) is 17.3. The Bertz CT molecular complexity index is 966. The van der Waals surface area contributed by atoms with E-state index in [1.54, 1.807) is 19.1 Å². The van der Waals surface area contributed by atoms with Crippen molar-refractivity contribution in [1.29, 1.82) is 0 Å². The fraction of sp³-hybridized carbons (Fsp3) is 0.381. The van der Waals surface area contributed by atoms with Crippen LogP contribution in [-0.4, -0.2) is 55.8 Å². The second-order valence-corrected chi connectivity index (χ2v) is 9.21. The van der Waals surface area contributed by atoms with Gasteiger partial charge >= 0.3 is 0 Å². The molecule has 3 rings (SSSR count). The molecule has 0 spiro atoms. The number of carbonyl (C=O) groups excluding carboxylic acids is 1. The Morgan fingerprint density at radius 3 is 2.20 bits per heavy atom. The van der Waals surface area contributed by atoms with E-state index in [1.807, 2.05) is 4.90 Å². The minimum absolute atomic E-state index is 0.0578. The molecule has 9 heteroatoms. The van der Waals surface area contributed by atoms with E-state index < -0.39 is 21.9 Å². The molecular formula is C21H25F2N3O3S. The van der Waals surface area contributed by atoms with Crippen molar-refractivity contribution >= 4 is 15.9 Å². The molecule has 0 bridgehead atoms. The van der Waals surface area contributed by atoms with Gasteiger partial charge in [-0.15, -0.1) is 0 Å². The number of nitrogens with one attached hydrogen (secondary N) is 1. The van der Waals surface area contributed by atoms with Gasteiger partial charge in [0.05, 0.1) is 10.9 Å². The summed E-state index contributed by atoms with van der Waals surface area (Å²) in [6, 6.07) is 10.3. The highest BCUT2D eigenvalue weighted by molar-refractivity contribution is 7.89. The topological polar surface area (TPSA) is 69.7 Å². The van der Waals surface area contributed by atoms with Crippen LogP contribution in [0, 0.1) is 11.6 Å². The molecule has 6 nitrogen and oxygen atoms in total. The lowest BCUT2D eigenvalue weighted by atomic mass is 10.2. The molecule has 1 amide bonds. The van der Waals surface area contributed by atoms with Crippen LogP contribution in [0.3, 0.4) is 0 Å². The Labute approximate surface area is 175 Å². The summed E-state index contributed by atoms with van der Waals surface area (Å²) >= 11 is 0. The van der Waals surface area contributed by atoms with Crippen LogP contribution in [-0.2, 0) is 21.4 Å². The zero-order valence-corrected chi connectivity index (χ0v) is 17.5. The van der Waals surface area contributed by atoms with Crippen molar-refractivity contribution in [2.24, 2.45) is 0 Å². The second kappa shape index (κ2) is 9.63. The molecule has 1 aliphatic heterocycles. The molecule has 0 radical (unpaired) electrons. The molecule has 162 valence electrons. The van der Waals surface area contributed by atoms with Gasteiger partial charge in [0, 0.05) is 32.7 Å². The van der Waals surface area contributed by atoms with Crippen LogP contribution in [0.15, 0.2) is 53.4 Å². The smallest absolute Gasteiger partial charge is 0.243 e. The van der Waals surface area contributed by atoms with Crippen molar-refractivity contribution in [3.63, 3.8) is 0 Å². The zero-order chi connectivity index (χ0) is 21.7. The highest BCUT2D eigenvalue weighted by Crippen LogP contribution is 2.19. The van der Waals surface area contributed by atoms with Gasteiger partial charge in [0.25, 0.3) is 0 Å². The Morgan fingerprint density at radius 1 is 0.967 bits per heavy atom. The summed E-state index contributed by atoms with van der Waals surface area (Å²) in [5.41, 5.74) is 0.796. The monoisotopic (exact) mass is 437 g/mol. The lowest BCUT2D eigenvalue weighted by Crippen LogP contribution is -2.46. The summed E-state index contributed by atoms with van der Waals surface area (Å²) in [5, 5.41) is 2.84. The van der Waals surface area contributed by atoms with Crippen molar-refractivity contribution in [3.8, 4) is 0 Å². The summed E-state index contributed by atoms with van der Waals surface area (Å²) in [4.78, 5) is 14.5. The quantitative estimate of drug-likeness (QED) is 0.753. The number of rotatable bonds is 6. The molecule has 0 aromatic heterocycles. The predicted molar refractivity (Wildman–Crippen MR) is 109 cm³/mol. The van der Waals surface area contributed by atoms with Gasteiger partial charge in [-0.2, -0.15) is 4.31 Å². The maximum atomic E-state index is 13.1. The molecule has 1 N–H and O–H groups in total.